The third-order valence-corrected chi connectivity index (χ3v) is 7.00. The van der Waals surface area contributed by atoms with Gasteiger partial charge in [0.05, 0.1) is 5.69 Å². The molecule has 2 saturated carbocycles. The average molecular weight is 492 g/mol. The van der Waals surface area contributed by atoms with Crippen molar-refractivity contribution in [2.45, 2.75) is 67.8 Å². The van der Waals surface area contributed by atoms with E-state index in [2.05, 4.69) is 10.1 Å². The number of esters is 1. The van der Waals surface area contributed by atoms with Crippen molar-refractivity contribution in [2.24, 2.45) is 0 Å². The SMILES string of the molecule is CN(C)[C@@H](COC(=O)OC1[C@H]2O[C@@H](c3ccc4c(N)ncnn34)[C@H](O)[C@@]12O)C(=O)OC1CCCC1. The van der Waals surface area contributed by atoms with Gasteiger partial charge in [-0.15, -0.1) is 0 Å². The zero-order valence-corrected chi connectivity index (χ0v) is 19.4. The van der Waals surface area contributed by atoms with Crippen molar-refractivity contribution in [1.29, 1.82) is 0 Å². The van der Waals surface area contributed by atoms with E-state index < -0.39 is 48.2 Å². The zero-order valence-electron chi connectivity index (χ0n) is 19.4. The third-order valence-electron chi connectivity index (χ3n) is 7.00. The second-order valence-electron chi connectivity index (χ2n) is 9.43. The van der Waals surface area contributed by atoms with Crippen LogP contribution in [0.25, 0.3) is 5.52 Å². The Morgan fingerprint density at radius 3 is 2.71 bits per heavy atom. The Morgan fingerprint density at radius 1 is 1.31 bits per heavy atom. The van der Waals surface area contributed by atoms with E-state index in [4.69, 9.17) is 24.7 Å². The average Bonchev–Trinajstić information content (AvgIpc) is 3.29. The minimum absolute atomic E-state index is 0.107. The summed E-state index contributed by atoms with van der Waals surface area (Å²) in [5.41, 5.74) is 5.05. The van der Waals surface area contributed by atoms with Gasteiger partial charge in [-0.1, -0.05) is 0 Å². The van der Waals surface area contributed by atoms with Crippen LogP contribution in [0.1, 0.15) is 37.5 Å². The lowest BCUT2D eigenvalue weighted by molar-refractivity contribution is -0.156. The number of nitrogens with two attached hydrogens (primary N) is 1. The summed E-state index contributed by atoms with van der Waals surface area (Å²) in [6, 6.07) is 2.55. The number of hydrogen-bond acceptors (Lipinski definition) is 12. The van der Waals surface area contributed by atoms with Crippen LogP contribution in [-0.4, -0.2) is 98.6 Å². The second kappa shape index (κ2) is 8.90. The summed E-state index contributed by atoms with van der Waals surface area (Å²) >= 11 is 0. The lowest BCUT2D eigenvalue weighted by Gasteiger charge is -2.24. The molecule has 0 radical (unpaired) electrons. The molecular weight excluding hydrogens is 462 g/mol. The van der Waals surface area contributed by atoms with Crippen LogP contribution >= 0.6 is 0 Å². The van der Waals surface area contributed by atoms with Gasteiger partial charge in [-0.2, -0.15) is 5.10 Å². The summed E-state index contributed by atoms with van der Waals surface area (Å²) < 4.78 is 23.1. The molecule has 1 aliphatic heterocycles. The van der Waals surface area contributed by atoms with E-state index >= 15 is 0 Å². The van der Waals surface area contributed by atoms with Gasteiger partial charge in [0.25, 0.3) is 0 Å². The number of carbonyl (C=O) groups is 2. The first-order valence-corrected chi connectivity index (χ1v) is 11.6. The first kappa shape index (κ1) is 23.7. The Kier molecular flexibility index (Phi) is 6.03. The van der Waals surface area contributed by atoms with Gasteiger partial charge in [0.1, 0.15) is 48.9 Å². The van der Waals surface area contributed by atoms with Crippen molar-refractivity contribution in [1.82, 2.24) is 19.5 Å². The molecule has 0 amide bonds. The van der Waals surface area contributed by atoms with Gasteiger partial charge in [-0.05, 0) is 51.9 Å². The molecule has 0 spiro atoms. The van der Waals surface area contributed by atoms with Crippen LogP contribution in [0.4, 0.5) is 10.6 Å². The highest BCUT2D eigenvalue weighted by molar-refractivity contribution is 5.76. The Bertz CT molecular complexity index is 1120. The number of aliphatic hydroxyl groups is 2. The lowest BCUT2D eigenvalue weighted by atomic mass is 10.1. The number of anilines is 1. The maximum Gasteiger partial charge on any atom is 0.508 e. The van der Waals surface area contributed by atoms with Gasteiger partial charge in [0.15, 0.2) is 17.5 Å². The molecule has 0 aromatic carbocycles. The van der Waals surface area contributed by atoms with Crippen LogP contribution in [0.5, 0.6) is 0 Å². The number of likely N-dealkylation sites (N-methyl/N-ethyl adjacent to an activating group) is 1. The predicted molar refractivity (Wildman–Crippen MR) is 118 cm³/mol. The van der Waals surface area contributed by atoms with Gasteiger partial charge in [-0.25, -0.2) is 14.3 Å². The number of carbonyl (C=O) groups excluding carboxylic acids is 2. The molecule has 35 heavy (non-hydrogen) atoms. The van der Waals surface area contributed by atoms with Crippen molar-refractivity contribution in [3.8, 4) is 0 Å². The monoisotopic (exact) mass is 491 g/mol. The molecule has 3 aliphatic rings. The van der Waals surface area contributed by atoms with Gasteiger partial charge in [0, 0.05) is 0 Å². The molecule has 13 heteroatoms. The van der Waals surface area contributed by atoms with E-state index in [0.717, 1.165) is 25.7 Å². The molecule has 3 heterocycles. The van der Waals surface area contributed by atoms with Crippen molar-refractivity contribution in [2.75, 3.05) is 26.4 Å². The Labute approximate surface area is 200 Å². The van der Waals surface area contributed by atoms with Gasteiger partial charge in [-0.3, -0.25) is 9.69 Å². The van der Waals surface area contributed by atoms with E-state index in [1.165, 1.54) is 10.8 Å². The third kappa shape index (κ3) is 4.07. The molecule has 2 aromatic rings. The van der Waals surface area contributed by atoms with Crippen LogP contribution in [0, 0.1) is 0 Å². The van der Waals surface area contributed by atoms with E-state index in [1.54, 1.807) is 31.1 Å². The maximum absolute atomic E-state index is 12.5. The number of fused-ring (bicyclic) bond motifs is 2. The molecule has 5 rings (SSSR count). The van der Waals surface area contributed by atoms with Gasteiger partial charge >= 0.3 is 12.1 Å². The molecule has 1 saturated heterocycles. The first-order chi connectivity index (χ1) is 16.7. The topological polar surface area (TPSA) is 171 Å². The Hall–Kier alpha value is -3.00. The highest BCUT2D eigenvalue weighted by Gasteiger charge is 2.79. The number of ether oxygens (including phenoxy) is 4. The largest absolute Gasteiger partial charge is 0.508 e. The number of aromatic nitrogens is 3. The summed E-state index contributed by atoms with van der Waals surface area (Å²) in [7, 11) is 3.36. The first-order valence-electron chi connectivity index (χ1n) is 11.6. The summed E-state index contributed by atoms with van der Waals surface area (Å²) in [5, 5.41) is 25.8. The van der Waals surface area contributed by atoms with E-state index in [9.17, 15) is 19.8 Å². The Balaban J connectivity index is 1.16. The summed E-state index contributed by atoms with van der Waals surface area (Å²) in [5.74, 6) is -0.211. The van der Waals surface area contributed by atoms with Crippen LogP contribution in [0.15, 0.2) is 18.5 Å². The van der Waals surface area contributed by atoms with Crippen LogP contribution in [-0.2, 0) is 23.7 Å². The molecule has 190 valence electrons. The smallest absolute Gasteiger partial charge is 0.461 e. The molecule has 0 bridgehead atoms. The summed E-state index contributed by atoms with van der Waals surface area (Å²) in [6.45, 7) is -0.281. The van der Waals surface area contributed by atoms with Crippen molar-refractivity contribution >= 4 is 23.5 Å². The van der Waals surface area contributed by atoms with Crippen molar-refractivity contribution in [3.05, 3.63) is 24.2 Å². The molecule has 13 nitrogen and oxygen atoms in total. The van der Waals surface area contributed by atoms with Crippen molar-refractivity contribution < 1.29 is 38.7 Å². The fourth-order valence-electron chi connectivity index (χ4n) is 4.86. The Morgan fingerprint density at radius 2 is 2.06 bits per heavy atom. The molecule has 2 aliphatic carbocycles. The molecule has 3 fully saturated rings. The summed E-state index contributed by atoms with van der Waals surface area (Å²) in [4.78, 5) is 30.3. The number of rotatable bonds is 7. The fraction of sp³-hybridized carbons (Fsp3) is 0.636. The lowest BCUT2D eigenvalue weighted by Crippen LogP contribution is -2.43. The number of nitrogen functional groups attached to an aromatic ring is 1. The highest BCUT2D eigenvalue weighted by Crippen LogP contribution is 2.56. The quantitative estimate of drug-likeness (QED) is 0.436. The molecule has 1 unspecified atom stereocenters. The fourth-order valence-corrected chi connectivity index (χ4v) is 4.86. The van der Waals surface area contributed by atoms with Gasteiger partial charge in [0.2, 0.25) is 0 Å². The van der Waals surface area contributed by atoms with Crippen molar-refractivity contribution in [3.63, 3.8) is 0 Å². The highest BCUT2D eigenvalue weighted by atomic mass is 16.7. The molecule has 6 atom stereocenters. The molecule has 4 N–H and O–H groups in total. The van der Waals surface area contributed by atoms with E-state index in [1.807, 2.05) is 0 Å². The van der Waals surface area contributed by atoms with E-state index in [-0.39, 0.29) is 18.5 Å². The van der Waals surface area contributed by atoms with Crippen LogP contribution < -0.4 is 5.73 Å². The normalized spacial score (nSPS) is 30.9. The molecular formula is C22H29N5O8. The summed E-state index contributed by atoms with van der Waals surface area (Å²) in [6.07, 6.45) is -0.577. The number of hydrogen-bond donors (Lipinski definition) is 3. The second-order valence-corrected chi connectivity index (χ2v) is 9.43. The zero-order chi connectivity index (χ0) is 24.9. The standard InChI is InChI=1S/C22H29N5O8/c1-26(2)14(20(29)33-11-5-3-4-6-11)9-32-21(30)35-18-17-22(18,31)16(28)15(34-17)12-7-8-13-19(23)24-10-25-27(12)13/h7-8,10-11,14-18,28,31H,3-6,9H2,1-2H3,(H2,23,24,25)/t14-,15-,16-,17+,18?,22-/m0/s1. The minimum Gasteiger partial charge on any atom is -0.461 e. The minimum atomic E-state index is -1.80. The predicted octanol–water partition coefficient (Wildman–Crippen LogP) is -0.205. The molecule has 2 aromatic heterocycles. The maximum atomic E-state index is 12.5. The van der Waals surface area contributed by atoms with Crippen LogP contribution in [0.3, 0.4) is 0 Å². The van der Waals surface area contributed by atoms with Crippen LogP contribution in [0.2, 0.25) is 0 Å². The van der Waals surface area contributed by atoms with E-state index in [0.29, 0.717) is 11.2 Å². The van der Waals surface area contributed by atoms with Gasteiger partial charge < -0.3 is 34.9 Å². The number of aliphatic hydroxyl groups excluding tert-OH is 1. The number of nitrogens with zero attached hydrogens (tertiary/aromatic N) is 4.